The summed E-state index contributed by atoms with van der Waals surface area (Å²) in [5, 5.41) is -1.15. The number of nitrogens with one attached hydrogen (secondary N) is 1. The number of hydrogen-bond donors (Lipinski definition) is 1. The lowest BCUT2D eigenvalue weighted by Crippen LogP contribution is -2.40. The normalized spacial score (nSPS) is 11.0. The second-order valence-electron chi connectivity index (χ2n) is 4.79. The van der Waals surface area contributed by atoms with Gasteiger partial charge in [0.1, 0.15) is 12.0 Å². The molecular weight excluding hydrogens is 332 g/mol. The van der Waals surface area contributed by atoms with Crippen LogP contribution in [0.2, 0.25) is 0 Å². The number of hydrogen-bond acceptors (Lipinski definition) is 3. The van der Waals surface area contributed by atoms with Crippen molar-refractivity contribution >= 4 is 10.9 Å². The lowest BCUT2D eigenvalue weighted by atomic mass is 10.2. The van der Waals surface area contributed by atoms with Gasteiger partial charge in [-0.3, -0.25) is 4.79 Å². The van der Waals surface area contributed by atoms with Gasteiger partial charge in [0, 0.05) is 0 Å². The van der Waals surface area contributed by atoms with Crippen LogP contribution >= 0.6 is 0 Å². The van der Waals surface area contributed by atoms with Gasteiger partial charge in [0.15, 0.2) is 23.3 Å². The van der Waals surface area contributed by atoms with Crippen molar-refractivity contribution in [1.29, 1.82) is 0 Å². The number of nitrogens with zero attached hydrogens (tertiary/aromatic N) is 1. The van der Waals surface area contributed by atoms with Crippen molar-refractivity contribution in [3.63, 3.8) is 0 Å². The number of aromatic amines is 1. The van der Waals surface area contributed by atoms with Crippen LogP contribution in [0, 0.1) is 23.3 Å². The number of H-pyrrole nitrogens is 1. The summed E-state index contributed by atoms with van der Waals surface area (Å²) in [6, 6.07) is 8.36. The molecule has 0 saturated heterocycles. The Morgan fingerprint density at radius 1 is 0.917 bits per heavy atom. The van der Waals surface area contributed by atoms with E-state index < -0.39 is 45.4 Å². The Hall–Kier alpha value is -3.10. The third kappa shape index (κ3) is 2.43. The summed E-state index contributed by atoms with van der Waals surface area (Å²) in [6.07, 6.45) is 0. The van der Waals surface area contributed by atoms with E-state index in [0.29, 0.717) is 5.56 Å². The molecule has 3 aromatic rings. The van der Waals surface area contributed by atoms with Crippen LogP contribution < -0.4 is 16.1 Å². The largest absolute Gasteiger partial charge is 0.401 e. The Morgan fingerprint density at radius 3 is 2.21 bits per heavy atom. The molecule has 0 bridgehead atoms. The predicted molar refractivity (Wildman–Crippen MR) is 75.4 cm³/mol. The quantitative estimate of drug-likeness (QED) is 0.450. The lowest BCUT2D eigenvalue weighted by Gasteiger charge is -2.09. The fourth-order valence-corrected chi connectivity index (χ4v) is 2.13. The minimum absolute atomic E-state index is 0.120. The SMILES string of the molecule is O=c1[nH]c2c(F)c(F)c(F)c(F)c2c(=O)n1OCc1ccccc1. The standard InChI is InChI=1S/C15H8F4N2O3/c16-9-8-13(12(19)11(18)10(9)17)20-15(23)21(14(8)22)24-6-7-4-2-1-3-5-7/h1-5H,6H2,(H,20,23). The maximum atomic E-state index is 13.8. The van der Waals surface area contributed by atoms with Gasteiger partial charge in [-0.05, 0) is 5.56 Å². The van der Waals surface area contributed by atoms with Gasteiger partial charge in [-0.25, -0.2) is 22.4 Å². The minimum Gasteiger partial charge on any atom is -0.401 e. The van der Waals surface area contributed by atoms with E-state index in [2.05, 4.69) is 0 Å². The third-order valence-electron chi connectivity index (χ3n) is 3.28. The second-order valence-corrected chi connectivity index (χ2v) is 4.79. The highest BCUT2D eigenvalue weighted by Crippen LogP contribution is 2.22. The van der Waals surface area contributed by atoms with E-state index in [1.54, 1.807) is 35.3 Å². The summed E-state index contributed by atoms with van der Waals surface area (Å²) < 4.78 is 54.1. The zero-order valence-corrected chi connectivity index (χ0v) is 11.8. The highest BCUT2D eigenvalue weighted by atomic mass is 19.2. The summed E-state index contributed by atoms with van der Waals surface area (Å²) in [7, 11) is 0. The first-order valence-corrected chi connectivity index (χ1v) is 6.60. The molecule has 0 aliphatic carbocycles. The molecule has 0 aliphatic heterocycles. The predicted octanol–water partition coefficient (Wildman–Crippen LogP) is 1.88. The van der Waals surface area contributed by atoms with Gasteiger partial charge in [-0.15, -0.1) is 0 Å². The molecule has 0 atom stereocenters. The van der Waals surface area contributed by atoms with Gasteiger partial charge in [-0.2, -0.15) is 0 Å². The van der Waals surface area contributed by atoms with Crippen LogP contribution in [0.3, 0.4) is 0 Å². The van der Waals surface area contributed by atoms with Crippen LogP contribution in [0.4, 0.5) is 17.6 Å². The van der Waals surface area contributed by atoms with E-state index in [1.165, 1.54) is 0 Å². The smallest absolute Gasteiger partial charge is 0.362 e. The Labute approximate surface area is 130 Å². The van der Waals surface area contributed by atoms with Gasteiger partial charge in [0.25, 0.3) is 0 Å². The molecule has 0 fully saturated rings. The molecule has 2 aromatic carbocycles. The van der Waals surface area contributed by atoms with Crippen LogP contribution in [0.25, 0.3) is 10.9 Å². The molecule has 1 heterocycles. The van der Waals surface area contributed by atoms with E-state index in [-0.39, 0.29) is 11.3 Å². The molecule has 9 heteroatoms. The minimum atomic E-state index is -2.15. The molecule has 0 amide bonds. The van der Waals surface area contributed by atoms with E-state index >= 15 is 0 Å². The van der Waals surface area contributed by atoms with Crippen molar-refractivity contribution < 1.29 is 22.4 Å². The van der Waals surface area contributed by atoms with Crippen LogP contribution in [-0.4, -0.2) is 9.71 Å². The van der Waals surface area contributed by atoms with Crippen molar-refractivity contribution in [3.05, 3.63) is 80.0 Å². The molecule has 1 aromatic heterocycles. The van der Waals surface area contributed by atoms with Gasteiger partial charge in [-0.1, -0.05) is 35.1 Å². The fraction of sp³-hybridized carbons (Fsp3) is 0.0667. The van der Waals surface area contributed by atoms with Crippen molar-refractivity contribution in [2.24, 2.45) is 0 Å². The Bertz CT molecular complexity index is 1040. The molecule has 3 rings (SSSR count). The Balaban J connectivity index is 2.17. The van der Waals surface area contributed by atoms with Crippen molar-refractivity contribution in [2.75, 3.05) is 0 Å². The maximum absolute atomic E-state index is 13.8. The number of halogens is 4. The molecule has 5 nitrogen and oxygen atoms in total. The number of benzene rings is 2. The van der Waals surface area contributed by atoms with Crippen molar-refractivity contribution in [1.82, 2.24) is 9.71 Å². The number of aromatic nitrogens is 2. The van der Waals surface area contributed by atoms with E-state index in [1.807, 2.05) is 0 Å². The van der Waals surface area contributed by atoms with E-state index in [4.69, 9.17) is 4.84 Å². The van der Waals surface area contributed by atoms with Crippen LogP contribution in [0.1, 0.15) is 5.56 Å². The second kappa shape index (κ2) is 5.84. The summed E-state index contributed by atoms with van der Waals surface area (Å²) in [5.74, 6) is -8.06. The average molecular weight is 340 g/mol. The van der Waals surface area contributed by atoms with Crippen LogP contribution in [-0.2, 0) is 6.61 Å². The number of rotatable bonds is 3. The monoisotopic (exact) mass is 340 g/mol. The molecule has 0 saturated carbocycles. The molecule has 0 aliphatic rings. The topological polar surface area (TPSA) is 64.1 Å². The zero-order valence-electron chi connectivity index (χ0n) is 11.8. The first kappa shape index (κ1) is 15.8. The van der Waals surface area contributed by atoms with Crippen LogP contribution in [0.15, 0.2) is 39.9 Å². The molecule has 24 heavy (non-hydrogen) atoms. The first-order valence-electron chi connectivity index (χ1n) is 6.60. The average Bonchev–Trinajstić information content (AvgIpc) is 2.58. The van der Waals surface area contributed by atoms with E-state index in [9.17, 15) is 27.2 Å². The maximum Gasteiger partial charge on any atom is 0.362 e. The van der Waals surface area contributed by atoms with Gasteiger partial charge >= 0.3 is 11.2 Å². The van der Waals surface area contributed by atoms with Gasteiger partial charge in [0.05, 0.1) is 5.52 Å². The van der Waals surface area contributed by atoms with Crippen LogP contribution in [0.5, 0.6) is 0 Å². The Morgan fingerprint density at radius 2 is 1.54 bits per heavy atom. The highest BCUT2D eigenvalue weighted by Gasteiger charge is 2.25. The molecule has 0 radical (unpaired) electrons. The fourth-order valence-electron chi connectivity index (χ4n) is 2.13. The summed E-state index contributed by atoms with van der Waals surface area (Å²) in [5.41, 5.74) is -3.19. The van der Waals surface area contributed by atoms with Gasteiger partial charge < -0.3 is 9.82 Å². The number of fused-ring (bicyclic) bond motifs is 1. The summed E-state index contributed by atoms with van der Waals surface area (Å²) in [4.78, 5) is 30.7. The highest BCUT2D eigenvalue weighted by molar-refractivity contribution is 5.78. The van der Waals surface area contributed by atoms with Crippen molar-refractivity contribution in [2.45, 2.75) is 6.61 Å². The molecule has 0 spiro atoms. The van der Waals surface area contributed by atoms with E-state index in [0.717, 1.165) is 0 Å². The molecular formula is C15H8F4N2O3. The summed E-state index contributed by atoms with van der Waals surface area (Å²) >= 11 is 0. The zero-order chi connectivity index (χ0) is 17.4. The molecule has 124 valence electrons. The van der Waals surface area contributed by atoms with Crippen molar-refractivity contribution in [3.8, 4) is 0 Å². The molecule has 1 N–H and O–H groups in total. The lowest BCUT2D eigenvalue weighted by molar-refractivity contribution is 0.0802. The molecule has 0 unspecified atom stereocenters. The van der Waals surface area contributed by atoms with Gasteiger partial charge in [0.2, 0.25) is 0 Å². The third-order valence-corrected chi connectivity index (χ3v) is 3.28. The first-order chi connectivity index (χ1) is 11.4. The summed E-state index contributed by atoms with van der Waals surface area (Å²) in [6.45, 7) is -0.233. The Kier molecular flexibility index (Phi) is 3.84.